The zero-order valence-corrected chi connectivity index (χ0v) is 18.3. The molecule has 7 heteroatoms. The molecule has 1 aliphatic carbocycles. The normalized spacial score (nSPS) is 15.0. The average molecular weight is 421 g/mol. The molecule has 0 aliphatic heterocycles. The van der Waals surface area contributed by atoms with E-state index in [1.165, 1.54) is 50.3 Å². The highest BCUT2D eigenvalue weighted by atomic mass is 35.5. The highest BCUT2D eigenvalue weighted by Crippen LogP contribution is 2.28. The van der Waals surface area contributed by atoms with Crippen LogP contribution in [-0.2, 0) is 17.8 Å². The van der Waals surface area contributed by atoms with E-state index in [2.05, 4.69) is 27.0 Å². The fourth-order valence-corrected chi connectivity index (χ4v) is 4.79. The first-order valence-electron chi connectivity index (χ1n) is 10.2. The van der Waals surface area contributed by atoms with E-state index < -0.39 is 0 Å². The molecule has 1 fully saturated rings. The number of aryl methyl sites for hydroxylation is 1. The zero-order valence-electron chi connectivity index (χ0n) is 16.7. The van der Waals surface area contributed by atoms with E-state index >= 15 is 0 Å². The topological polar surface area (TPSA) is 59.8 Å². The lowest BCUT2D eigenvalue weighted by molar-refractivity contribution is -0.113. The maximum Gasteiger partial charge on any atom is 0.234 e. The summed E-state index contributed by atoms with van der Waals surface area (Å²) in [6, 6.07) is 5.52. The number of thioether (sulfide) groups is 1. The predicted octanol–water partition coefficient (Wildman–Crippen LogP) is 5.50. The molecule has 152 valence electrons. The van der Waals surface area contributed by atoms with Crippen molar-refractivity contribution in [2.45, 2.75) is 70.5 Å². The molecule has 1 aromatic heterocycles. The first-order valence-corrected chi connectivity index (χ1v) is 11.5. The Morgan fingerprint density at radius 3 is 2.82 bits per heavy atom. The first-order chi connectivity index (χ1) is 13.6. The van der Waals surface area contributed by atoms with Crippen molar-refractivity contribution in [1.29, 1.82) is 0 Å². The molecule has 0 saturated heterocycles. The van der Waals surface area contributed by atoms with E-state index in [0.29, 0.717) is 10.8 Å². The second-order valence-electron chi connectivity index (χ2n) is 7.44. The Balaban J connectivity index is 1.54. The summed E-state index contributed by atoms with van der Waals surface area (Å²) in [4.78, 5) is 12.4. The molecule has 1 saturated carbocycles. The van der Waals surface area contributed by atoms with E-state index in [1.807, 2.05) is 25.1 Å². The first kappa shape index (κ1) is 21.2. The minimum absolute atomic E-state index is 0.0650. The van der Waals surface area contributed by atoms with Crippen LogP contribution in [0.15, 0.2) is 23.4 Å². The Morgan fingerprint density at radius 2 is 2.07 bits per heavy atom. The van der Waals surface area contributed by atoms with Gasteiger partial charge in [-0.05, 0) is 43.9 Å². The Labute approximate surface area is 176 Å². The predicted molar refractivity (Wildman–Crippen MR) is 116 cm³/mol. The third-order valence-electron chi connectivity index (χ3n) is 5.48. The van der Waals surface area contributed by atoms with Gasteiger partial charge in [0.25, 0.3) is 0 Å². The van der Waals surface area contributed by atoms with Gasteiger partial charge in [0.2, 0.25) is 5.91 Å². The summed E-state index contributed by atoms with van der Waals surface area (Å²) in [5.41, 5.74) is 1.63. The molecule has 1 aromatic carbocycles. The number of hydrogen-bond donors (Lipinski definition) is 1. The number of anilines is 1. The fraction of sp³-hybridized carbons (Fsp3) is 0.571. The molecular formula is C21H29ClN4OS. The van der Waals surface area contributed by atoms with E-state index in [4.69, 9.17) is 11.6 Å². The number of rotatable bonds is 8. The second kappa shape index (κ2) is 10.3. The van der Waals surface area contributed by atoms with Gasteiger partial charge < -0.3 is 9.88 Å². The Bertz CT molecular complexity index is 802. The molecule has 28 heavy (non-hydrogen) atoms. The molecule has 0 radical (unpaired) electrons. The average Bonchev–Trinajstić information content (AvgIpc) is 3.11. The molecule has 1 N–H and O–H groups in total. The number of benzene rings is 1. The smallest absolute Gasteiger partial charge is 0.234 e. The number of nitrogens with one attached hydrogen (secondary N) is 1. The number of nitrogens with zero attached hydrogens (tertiary/aromatic N) is 3. The Kier molecular flexibility index (Phi) is 7.80. The van der Waals surface area contributed by atoms with Crippen LogP contribution >= 0.6 is 23.4 Å². The van der Waals surface area contributed by atoms with Crippen molar-refractivity contribution in [3.8, 4) is 0 Å². The summed E-state index contributed by atoms with van der Waals surface area (Å²) in [7, 11) is 0. The van der Waals surface area contributed by atoms with Crippen molar-refractivity contribution in [2.75, 3.05) is 11.1 Å². The van der Waals surface area contributed by atoms with Crippen molar-refractivity contribution in [1.82, 2.24) is 14.8 Å². The van der Waals surface area contributed by atoms with Crippen molar-refractivity contribution in [2.24, 2.45) is 5.92 Å². The quantitative estimate of drug-likeness (QED) is 0.572. The molecule has 2 aromatic rings. The number of carbonyl (C=O) groups is 1. The van der Waals surface area contributed by atoms with Gasteiger partial charge in [0.15, 0.2) is 5.16 Å². The van der Waals surface area contributed by atoms with E-state index in [-0.39, 0.29) is 5.91 Å². The number of hydrogen-bond acceptors (Lipinski definition) is 4. The van der Waals surface area contributed by atoms with Gasteiger partial charge in [-0.2, -0.15) is 0 Å². The van der Waals surface area contributed by atoms with Crippen LogP contribution in [0.1, 0.15) is 56.8 Å². The van der Waals surface area contributed by atoms with E-state index in [9.17, 15) is 4.79 Å². The molecule has 0 unspecified atom stereocenters. The lowest BCUT2D eigenvalue weighted by atomic mass is 9.86. The molecule has 0 atom stereocenters. The number of aromatic nitrogens is 3. The van der Waals surface area contributed by atoms with Crippen LogP contribution in [0.4, 0.5) is 5.69 Å². The summed E-state index contributed by atoms with van der Waals surface area (Å²) < 4.78 is 2.14. The van der Waals surface area contributed by atoms with Crippen LogP contribution < -0.4 is 5.32 Å². The van der Waals surface area contributed by atoms with Gasteiger partial charge in [-0.1, -0.05) is 61.5 Å². The van der Waals surface area contributed by atoms with Gasteiger partial charge in [0, 0.05) is 23.7 Å². The minimum Gasteiger partial charge on any atom is -0.325 e. The minimum atomic E-state index is -0.0650. The maximum absolute atomic E-state index is 12.4. The summed E-state index contributed by atoms with van der Waals surface area (Å²) in [6.07, 6.45) is 8.99. The van der Waals surface area contributed by atoms with Crippen LogP contribution in [0.5, 0.6) is 0 Å². The molecule has 5 nitrogen and oxygen atoms in total. The molecule has 1 amide bonds. The summed E-state index contributed by atoms with van der Waals surface area (Å²) in [5, 5.41) is 13.1. The summed E-state index contributed by atoms with van der Waals surface area (Å²) in [6.45, 7) is 4.83. The van der Waals surface area contributed by atoms with Gasteiger partial charge in [-0.15, -0.1) is 10.2 Å². The van der Waals surface area contributed by atoms with Gasteiger partial charge >= 0.3 is 0 Å². The standard InChI is InChI=1S/C21H29ClN4OS/c1-3-26-19(13-12-16-8-5-4-6-9-16)24-25-21(26)28-14-20(27)23-18-11-7-10-17(22)15(18)2/h7,10-11,16H,3-6,8-9,12-14H2,1-2H3,(H,23,27). The third kappa shape index (κ3) is 5.51. The number of amides is 1. The molecule has 1 aliphatic rings. The fourth-order valence-electron chi connectivity index (χ4n) is 3.80. The van der Waals surface area contributed by atoms with Crippen molar-refractivity contribution < 1.29 is 4.79 Å². The molecule has 1 heterocycles. The highest BCUT2D eigenvalue weighted by Gasteiger charge is 2.17. The van der Waals surface area contributed by atoms with Gasteiger partial charge in [-0.25, -0.2) is 0 Å². The maximum atomic E-state index is 12.4. The summed E-state index contributed by atoms with van der Waals surface area (Å²) >= 11 is 7.56. The van der Waals surface area contributed by atoms with Crippen LogP contribution in [0.2, 0.25) is 5.02 Å². The van der Waals surface area contributed by atoms with E-state index in [0.717, 1.165) is 41.1 Å². The monoisotopic (exact) mass is 420 g/mol. The molecule has 0 spiro atoms. The van der Waals surface area contributed by atoms with Crippen molar-refractivity contribution in [3.63, 3.8) is 0 Å². The van der Waals surface area contributed by atoms with Gasteiger partial charge in [-0.3, -0.25) is 4.79 Å². The molecular weight excluding hydrogens is 392 g/mol. The number of halogens is 1. The van der Waals surface area contributed by atoms with E-state index in [1.54, 1.807) is 0 Å². The van der Waals surface area contributed by atoms with Crippen LogP contribution in [0, 0.1) is 12.8 Å². The van der Waals surface area contributed by atoms with Crippen LogP contribution in [-0.4, -0.2) is 26.4 Å². The van der Waals surface area contributed by atoms with Gasteiger partial charge in [0.1, 0.15) is 5.82 Å². The molecule has 3 rings (SSSR count). The number of carbonyl (C=O) groups excluding carboxylic acids is 1. The Morgan fingerprint density at radius 1 is 1.29 bits per heavy atom. The van der Waals surface area contributed by atoms with Crippen molar-refractivity contribution >= 4 is 35.0 Å². The lowest BCUT2D eigenvalue weighted by Crippen LogP contribution is -2.15. The largest absolute Gasteiger partial charge is 0.325 e. The van der Waals surface area contributed by atoms with Gasteiger partial charge in [0.05, 0.1) is 5.75 Å². The Hall–Kier alpha value is -1.53. The lowest BCUT2D eigenvalue weighted by Gasteiger charge is -2.21. The van der Waals surface area contributed by atoms with Crippen LogP contribution in [0.3, 0.4) is 0 Å². The zero-order chi connectivity index (χ0) is 19.9. The third-order valence-corrected chi connectivity index (χ3v) is 6.86. The molecule has 0 bridgehead atoms. The SMILES string of the molecule is CCn1c(CCC2CCCCC2)nnc1SCC(=O)Nc1cccc(Cl)c1C. The van der Waals surface area contributed by atoms with Crippen LogP contribution in [0.25, 0.3) is 0 Å². The van der Waals surface area contributed by atoms with Crippen molar-refractivity contribution in [3.05, 3.63) is 34.6 Å². The second-order valence-corrected chi connectivity index (χ2v) is 8.78. The highest BCUT2D eigenvalue weighted by molar-refractivity contribution is 7.99. The summed E-state index contributed by atoms with van der Waals surface area (Å²) in [5.74, 6) is 2.11.